The van der Waals surface area contributed by atoms with Crippen LogP contribution in [0.3, 0.4) is 0 Å². The molecule has 132 valence electrons. The van der Waals surface area contributed by atoms with E-state index < -0.39 is 11.4 Å². The number of carbonyl (C=O) groups excluding carboxylic acids is 1. The molecule has 6 heteroatoms. The zero-order chi connectivity index (χ0) is 17.4. The monoisotopic (exact) mass is 335 g/mol. The normalized spacial score (nSPS) is 19.6. The van der Waals surface area contributed by atoms with Crippen molar-refractivity contribution in [1.82, 2.24) is 5.32 Å². The molecule has 2 N–H and O–H groups in total. The molecule has 0 bridgehead atoms. The molecule has 1 aliphatic heterocycles. The lowest BCUT2D eigenvalue weighted by Crippen LogP contribution is -2.44. The molecule has 0 aliphatic carbocycles. The van der Waals surface area contributed by atoms with E-state index in [1.54, 1.807) is 31.2 Å². The Bertz CT molecular complexity index is 542. The Morgan fingerprint density at radius 3 is 2.75 bits per heavy atom. The minimum Gasteiger partial charge on any atom is -0.481 e. The van der Waals surface area contributed by atoms with E-state index in [9.17, 15) is 14.7 Å². The van der Waals surface area contributed by atoms with Crippen molar-refractivity contribution in [1.29, 1.82) is 0 Å². The fraction of sp³-hybridized carbons (Fsp3) is 0.556. The number of rotatable bonds is 9. The highest BCUT2D eigenvalue weighted by Crippen LogP contribution is 2.23. The molecule has 0 spiro atoms. The molecule has 1 aromatic carbocycles. The standard InChI is InChI=1S/C18H25NO5/c1-18(17(21)22,14-6-3-2-4-7-14)13-19-16(20)9-11-23-12-15-8-5-10-24-15/h2-4,6-7,15H,5,8-13H2,1H3,(H,19,20)(H,21,22). The molecule has 1 amide bonds. The van der Waals surface area contributed by atoms with Crippen LogP contribution < -0.4 is 5.32 Å². The molecule has 1 heterocycles. The molecule has 1 aliphatic rings. The summed E-state index contributed by atoms with van der Waals surface area (Å²) in [6.45, 7) is 3.24. The van der Waals surface area contributed by atoms with Crippen molar-refractivity contribution in [2.24, 2.45) is 0 Å². The second kappa shape index (κ2) is 8.80. The van der Waals surface area contributed by atoms with Crippen LogP contribution in [0.1, 0.15) is 31.7 Å². The molecule has 1 saturated heterocycles. The maximum atomic E-state index is 11.9. The highest BCUT2D eigenvalue weighted by atomic mass is 16.5. The fourth-order valence-electron chi connectivity index (χ4n) is 2.63. The molecule has 2 rings (SSSR count). The average molecular weight is 335 g/mol. The zero-order valence-corrected chi connectivity index (χ0v) is 14.0. The quantitative estimate of drug-likeness (QED) is 0.671. The van der Waals surface area contributed by atoms with E-state index in [-0.39, 0.29) is 25.0 Å². The van der Waals surface area contributed by atoms with Gasteiger partial charge in [-0.15, -0.1) is 0 Å². The van der Waals surface area contributed by atoms with Crippen LogP contribution >= 0.6 is 0 Å². The van der Waals surface area contributed by atoms with Crippen LogP contribution in [0.25, 0.3) is 0 Å². The second-order valence-corrected chi connectivity index (χ2v) is 6.24. The highest BCUT2D eigenvalue weighted by molar-refractivity contribution is 5.83. The number of nitrogens with one attached hydrogen (secondary N) is 1. The lowest BCUT2D eigenvalue weighted by molar-refractivity contribution is -0.143. The van der Waals surface area contributed by atoms with Gasteiger partial charge in [-0.25, -0.2) is 0 Å². The Kier molecular flexibility index (Phi) is 6.75. The number of amides is 1. The number of benzene rings is 1. The molecule has 24 heavy (non-hydrogen) atoms. The summed E-state index contributed by atoms with van der Waals surface area (Å²) in [5, 5.41) is 12.2. The van der Waals surface area contributed by atoms with E-state index in [0.717, 1.165) is 19.4 Å². The highest BCUT2D eigenvalue weighted by Gasteiger charge is 2.35. The van der Waals surface area contributed by atoms with Gasteiger partial charge in [-0.05, 0) is 25.3 Å². The summed E-state index contributed by atoms with van der Waals surface area (Å²) in [5.74, 6) is -1.19. The first-order chi connectivity index (χ1) is 11.5. The Balaban J connectivity index is 1.75. The Morgan fingerprint density at radius 2 is 2.12 bits per heavy atom. The number of carboxylic acid groups (broad SMARTS) is 1. The van der Waals surface area contributed by atoms with Crippen LogP contribution in [-0.2, 0) is 24.5 Å². The number of hydrogen-bond donors (Lipinski definition) is 2. The molecular weight excluding hydrogens is 310 g/mol. The van der Waals surface area contributed by atoms with Crippen molar-refractivity contribution in [3.63, 3.8) is 0 Å². The first-order valence-corrected chi connectivity index (χ1v) is 8.27. The summed E-state index contributed by atoms with van der Waals surface area (Å²) in [5.41, 5.74) is -0.498. The van der Waals surface area contributed by atoms with E-state index in [2.05, 4.69) is 5.32 Å². The van der Waals surface area contributed by atoms with Gasteiger partial charge in [0.2, 0.25) is 5.91 Å². The third-order valence-corrected chi connectivity index (χ3v) is 4.32. The molecule has 0 aromatic heterocycles. The van der Waals surface area contributed by atoms with Gasteiger partial charge in [-0.2, -0.15) is 0 Å². The summed E-state index contributed by atoms with van der Waals surface area (Å²) in [7, 11) is 0. The molecule has 0 saturated carbocycles. The van der Waals surface area contributed by atoms with E-state index in [1.807, 2.05) is 6.07 Å². The number of aliphatic carboxylic acids is 1. The molecular formula is C18H25NO5. The van der Waals surface area contributed by atoms with Gasteiger partial charge >= 0.3 is 5.97 Å². The lowest BCUT2D eigenvalue weighted by Gasteiger charge is -2.25. The zero-order valence-electron chi connectivity index (χ0n) is 14.0. The van der Waals surface area contributed by atoms with E-state index in [0.29, 0.717) is 18.8 Å². The summed E-state index contributed by atoms with van der Waals surface area (Å²) >= 11 is 0. The Labute approximate surface area is 142 Å². The van der Waals surface area contributed by atoms with Crippen molar-refractivity contribution in [2.75, 3.05) is 26.4 Å². The summed E-state index contributed by atoms with van der Waals surface area (Å²) in [6, 6.07) is 8.92. The first kappa shape index (κ1) is 18.4. The van der Waals surface area contributed by atoms with Gasteiger partial charge in [0.25, 0.3) is 0 Å². The van der Waals surface area contributed by atoms with E-state index >= 15 is 0 Å². The van der Waals surface area contributed by atoms with Gasteiger partial charge in [-0.1, -0.05) is 30.3 Å². The van der Waals surface area contributed by atoms with Gasteiger partial charge in [0.15, 0.2) is 0 Å². The third-order valence-electron chi connectivity index (χ3n) is 4.32. The number of carboxylic acids is 1. The molecule has 6 nitrogen and oxygen atoms in total. The van der Waals surface area contributed by atoms with Crippen LogP contribution in [0.4, 0.5) is 0 Å². The van der Waals surface area contributed by atoms with Crippen molar-refractivity contribution >= 4 is 11.9 Å². The maximum Gasteiger partial charge on any atom is 0.315 e. The van der Waals surface area contributed by atoms with Crippen LogP contribution in [-0.4, -0.2) is 49.5 Å². The summed E-state index contributed by atoms with van der Waals surface area (Å²) in [6.07, 6.45) is 2.40. The number of carbonyl (C=O) groups is 2. The molecule has 2 unspecified atom stereocenters. The van der Waals surface area contributed by atoms with Crippen LogP contribution in [0, 0.1) is 0 Å². The molecule has 1 aromatic rings. The molecule has 0 radical (unpaired) electrons. The SMILES string of the molecule is CC(CNC(=O)CCOCC1CCCO1)(C(=O)O)c1ccccc1. The van der Waals surface area contributed by atoms with Gasteiger partial charge in [0.05, 0.1) is 19.3 Å². The number of hydrogen-bond acceptors (Lipinski definition) is 4. The first-order valence-electron chi connectivity index (χ1n) is 8.27. The van der Waals surface area contributed by atoms with E-state index in [4.69, 9.17) is 9.47 Å². The lowest BCUT2D eigenvalue weighted by atomic mass is 9.82. The predicted octanol–water partition coefficient (Wildman–Crippen LogP) is 1.73. The van der Waals surface area contributed by atoms with Crippen LogP contribution in [0.2, 0.25) is 0 Å². The van der Waals surface area contributed by atoms with Gasteiger partial charge in [0, 0.05) is 19.6 Å². The second-order valence-electron chi connectivity index (χ2n) is 6.24. The van der Waals surface area contributed by atoms with Crippen molar-refractivity contribution in [3.8, 4) is 0 Å². The van der Waals surface area contributed by atoms with Crippen molar-refractivity contribution in [3.05, 3.63) is 35.9 Å². The van der Waals surface area contributed by atoms with Gasteiger partial charge < -0.3 is 19.9 Å². The summed E-state index contributed by atoms with van der Waals surface area (Å²) < 4.78 is 10.9. The smallest absolute Gasteiger partial charge is 0.315 e. The minimum absolute atomic E-state index is 0.0386. The van der Waals surface area contributed by atoms with Crippen molar-refractivity contribution < 1.29 is 24.2 Å². The van der Waals surface area contributed by atoms with Gasteiger partial charge in [0.1, 0.15) is 5.41 Å². The third kappa shape index (κ3) is 5.04. The average Bonchev–Trinajstić information content (AvgIpc) is 3.10. The minimum atomic E-state index is -1.16. The Morgan fingerprint density at radius 1 is 1.38 bits per heavy atom. The molecule has 1 fully saturated rings. The van der Waals surface area contributed by atoms with Crippen molar-refractivity contribution in [2.45, 2.75) is 37.7 Å². The largest absolute Gasteiger partial charge is 0.481 e. The number of ether oxygens (including phenoxy) is 2. The summed E-state index contributed by atoms with van der Waals surface area (Å²) in [4.78, 5) is 23.6. The fourth-order valence-corrected chi connectivity index (χ4v) is 2.63. The van der Waals surface area contributed by atoms with Crippen LogP contribution in [0.15, 0.2) is 30.3 Å². The van der Waals surface area contributed by atoms with Crippen LogP contribution in [0.5, 0.6) is 0 Å². The van der Waals surface area contributed by atoms with E-state index in [1.165, 1.54) is 0 Å². The maximum absolute atomic E-state index is 11.9. The van der Waals surface area contributed by atoms with Gasteiger partial charge in [-0.3, -0.25) is 9.59 Å². The topological polar surface area (TPSA) is 84.9 Å². The Hall–Kier alpha value is -1.92. The predicted molar refractivity (Wildman–Crippen MR) is 88.8 cm³/mol. The molecule has 2 atom stereocenters.